The molecule has 1 saturated heterocycles. The molecule has 3 N–H and O–H groups in total. The predicted octanol–water partition coefficient (Wildman–Crippen LogP) is 3.18. The fourth-order valence-electron chi connectivity index (χ4n) is 2.57. The van der Waals surface area contributed by atoms with E-state index in [0.29, 0.717) is 23.4 Å². The van der Waals surface area contributed by atoms with Crippen molar-refractivity contribution in [2.24, 2.45) is 0 Å². The number of nitrogens with zero attached hydrogens (tertiary/aromatic N) is 1. The zero-order valence-corrected chi connectivity index (χ0v) is 10.8. The highest BCUT2D eigenvalue weighted by atomic mass is 19.1. The average Bonchev–Trinajstić information content (AvgIpc) is 2.80. The molecule has 0 bridgehead atoms. The number of aromatic nitrogens is 2. The summed E-state index contributed by atoms with van der Waals surface area (Å²) in [6, 6.07) is 3.32. The van der Waals surface area contributed by atoms with Gasteiger partial charge in [-0.25, -0.2) is 8.78 Å². The molecule has 1 aromatic carbocycles. The highest BCUT2D eigenvalue weighted by Gasteiger charge is 2.24. The van der Waals surface area contributed by atoms with Crippen LogP contribution in [0.15, 0.2) is 18.2 Å². The summed E-state index contributed by atoms with van der Waals surface area (Å²) in [5.41, 5.74) is 7.42. The van der Waals surface area contributed by atoms with Crippen molar-refractivity contribution >= 4 is 5.82 Å². The van der Waals surface area contributed by atoms with Crippen LogP contribution < -0.4 is 5.73 Å². The summed E-state index contributed by atoms with van der Waals surface area (Å²) in [6.07, 6.45) is 2.74. The van der Waals surface area contributed by atoms with Crippen molar-refractivity contribution < 1.29 is 13.5 Å². The molecule has 0 radical (unpaired) electrons. The summed E-state index contributed by atoms with van der Waals surface area (Å²) in [5, 5.41) is 6.79. The van der Waals surface area contributed by atoms with Gasteiger partial charge in [-0.2, -0.15) is 5.10 Å². The maximum Gasteiger partial charge on any atom is 0.153 e. The van der Waals surface area contributed by atoms with Crippen LogP contribution in [0.25, 0.3) is 11.1 Å². The zero-order valence-electron chi connectivity index (χ0n) is 10.8. The van der Waals surface area contributed by atoms with E-state index in [1.165, 1.54) is 12.1 Å². The molecule has 20 heavy (non-hydrogen) atoms. The Labute approximate surface area is 114 Å². The van der Waals surface area contributed by atoms with Crippen molar-refractivity contribution in [2.75, 3.05) is 12.3 Å². The van der Waals surface area contributed by atoms with Gasteiger partial charge in [-0.15, -0.1) is 0 Å². The number of hydrogen-bond acceptors (Lipinski definition) is 3. The first-order chi connectivity index (χ1) is 9.65. The third-order valence-electron chi connectivity index (χ3n) is 3.48. The molecular weight excluding hydrogens is 264 g/mol. The van der Waals surface area contributed by atoms with Crippen molar-refractivity contribution in [2.45, 2.75) is 25.4 Å². The van der Waals surface area contributed by atoms with E-state index >= 15 is 0 Å². The van der Waals surface area contributed by atoms with Gasteiger partial charge >= 0.3 is 0 Å². The molecule has 6 heteroatoms. The summed E-state index contributed by atoms with van der Waals surface area (Å²) in [5.74, 6) is -1.06. The summed E-state index contributed by atoms with van der Waals surface area (Å²) in [4.78, 5) is 0. The van der Waals surface area contributed by atoms with Gasteiger partial charge in [0, 0.05) is 18.2 Å². The lowest BCUT2D eigenvalue weighted by atomic mass is 9.98. The molecule has 1 atom stereocenters. The first-order valence-corrected chi connectivity index (χ1v) is 6.57. The smallest absolute Gasteiger partial charge is 0.153 e. The first-order valence-electron chi connectivity index (χ1n) is 6.57. The number of hydrogen-bond donors (Lipinski definition) is 2. The minimum atomic E-state index is -0.642. The molecule has 1 aliphatic heterocycles. The van der Waals surface area contributed by atoms with Crippen molar-refractivity contribution in [1.29, 1.82) is 0 Å². The Morgan fingerprint density at radius 3 is 2.60 bits per heavy atom. The Morgan fingerprint density at radius 2 is 1.95 bits per heavy atom. The van der Waals surface area contributed by atoms with E-state index in [1.807, 2.05) is 0 Å². The van der Waals surface area contributed by atoms with Crippen LogP contribution >= 0.6 is 0 Å². The third kappa shape index (κ3) is 2.38. The van der Waals surface area contributed by atoms with Gasteiger partial charge in [0.1, 0.15) is 11.6 Å². The number of benzene rings is 1. The van der Waals surface area contributed by atoms with Crippen LogP contribution in [0.1, 0.15) is 31.1 Å². The molecule has 1 unspecified atom stereocenters. The van der Waals surface area contributed by atoms with E-state index in [4.69, 9.17) is 10.5 Å². The molecule has 0 aliphatic carbocycles. The Bertz CT molecular complexity index is 601. The molecule has 1 aliphatic rings. The molecule has 0 saturated carbocycles. The van der Waals surface area contributed by atoms with E-state index in [2.05, 4.69) is 10.2 Å². The van der Waals surface area contributed by atoms with Gasteiger partial charge in [-0.3, -0.25) is 5.10 Å². The lowest BCUT2D eigenvalue weighted by molar-refractivity contribution is 0.0126. The van der Waals surface area contributed by atoms with Gasteiger partial charge in [0.05, 0.1) is 11.8 Å². The fourth-order valence-corrected chi connectivity index (χ4v) is 2.57. The van der Waals surface area contributed by atoms with Gasteiger partial charge in [0.15, 0.2) is 5.82 Å². The highest BCUT2D eigenvalue weighted by Crippen LogP contribution is 2.37. The van der Waals surface area contributed by atoms with Gasteiger partial charge in [0.25, 0.3) is 0 Å². The lowest BCUT2D eigenvalue weighted by Crippen LogP contribution is -2.12. The second-order valence-corrected chi connectivity index (χ2v) is 4.91. The average molecular weight is 279 g/mol. The van der Waals surface area contributed by atoms with Crippen molar-refractivity contribution in [3.63, 3.8) is 0 Å². The van der Waals surface area contributed by atoms with Crippen LogP contribution in [0.3, 0.4) is 0 Å². The molecule has 4 nitrogen and oxygen atoms in total. The third-order valence-corrected chi connectivity index (χ3v) is 3.48. The van der Waals surface area contributed by atoms with Crippen molar-refractivity contribution in [3.05, 3.63) is 35.5 Å². The number of H-pyrrole nitrogens is 1. The molecule has 1 aromatic heterocycles. The topological polar surface area (TPSA) is 63.9 Å². The van der Waals surface area contributed by atoms with Gasteiger partial charge < -0.3 is 10.5 Å². The van der Waals surface area contributed by atoms with E-state index in [0.717, 1.165) is 25.3 Å². The second-order valence-electron chi connectivity index (χ2n) is 4.91. The highest BCUT2D eigenvalue weighted by molar-refractivity contribution is 5.76. The van der Waals surface area contributed by atoms with Crippen LogP contribution in [-0.2, 0) is 4.74 Å². The number of nitrogens with two attached hydrogens (primary N) is 1. The van der Waals surface area contributed by atoms with Gasteiger partial charge in [-0.1, -0.05) is 0 Å². The molecule has 1 fully saturated rings. The normalized spacial score (nSPS) is 19.2. The maximum atomic E-state index is 13.4. The Morgan fingerprint density at radius 1 is 1.20 bits per heavy atom. The molecule has 2 aromatic rings. The first kappa shape index (κ1) is 13.1. The zero-order chi connectivity index (χ0) is 14.1. The predicted molar refractivity (Wildman–Crippen MR) is 70.9 cm³/mol. The largest absolute Gasteiger partial charge is 0.382 e. The van der Waals surface area contributed by atoms with Crippen molar-refractivity contribution in [1.82, 2.24) is 10.2 Å². The molecule has 3 rings (SSSR count). The van der Waals surface area contributed by atoms with Crippen LogP contribution in [0.2, 0.25) is 0 Å². The number of aromatic amines is 1. The van der Waals surface area contributed by atoms with Gasteiger partial charge in [0.2, 0.25) is 0 Å². The second kappa shape index (κ2) is 5.20. The monoisotopic (exact) mass is 279 g/mol. The molecule has 2 heterocycles. The van der Waals surface area contributed by atoms with Crippen LogP contribution in [0, 0.1) is 11.6 Å². The van der Waals surface area contributed by atoms with Crippen molar-refractivity contribution in [3.8, 4) is 11.1 Å². The van der Waals surface area contributed by atoms with Crippen LogP contribution in [0.4, 0.5) is 14.6 Å². The number of nitrogen functional groups attached to an aromatic ring is 1. The van der Waals surface area contributed by atoms with Crippen LogP contribution in [0.5, 0.6) is 0 Å². The van der Waals surface area contributed by atoms with Gasteiger partial charge in [-0.05, 0) is 37.0 Å². The fraction of sp³-hybridized carbons (Fsp3) is 0.357. The standard InChI is InChI=1S/C14H15F2N3O/c15-9-5-8(6-10(16)7-9)12-13(18-19-14(12)17)11-3-1-2-4-20-11/h5-7,11H,1-4H2,(H3,17,18,19). The molecule has 0 amide bonds. The molecule has 0 spiro atoms. The Balaban J connectivity index is 2.06. The number of nitrogens with one attached hydrogen (secondary N) is 1. The Kier molecular flexibility index (Phi) is 3.40. The number of ether oxygens (including phenoxy) is 1. The Hall–Kier alpha value is -1.95. The van der Waals surface area contributed by atoms with E-state index in [9.17, 15) is 8.78 Å². The lowest BCUT2D eigenvalue weighted by Gasteiger charge is -2.22. The summed E-state index contributed by atoms with van der Waals surface area (Å²) in [7, 11) is 0. The van der Waals surface area contributed by atoms with E-state index in [-0.39, 0.29) is 11.9 Å². The molecular formula is C14H15F2N3O. The van der Waals surface area contributed by atoms with E-state index in [1.54, 1.807) is 0 Å². The summed E-state index contributed by atoms with van der Waals surface area (Å²) >= 11 is 0. The summed E-state index contributed by atoms with van der Waals surface area (Å²) in [6.45, 7) is 0.667. The minimum absolute atomic E-state index is 0.158. The van der Waals surface area contributed by atoms with E-state index < -0.39 is 11.6 Å². The number of halogens is 2. The minimum Gasteiger partial charge on any atom is -0.382 e. The van der Waals surface area contributed by atoms with Crippen LogP contribution in [-0.4, -0.2) is 16.8 Å². The quantitative estimate of drug-likeness (QED) is 0.887. The SMILES string of the molecule is Nc1n[nH]c(C2CCCCO2)c1-c1cc(F)cc(F)c1. The number of anilines is 1. The molecule has 106 valence electrons. The number of rotatable bonds is 2. The maximum absolute atomic E-state index is 13.4. The summed E-state index contributed by atoms with van der Waals surface area (Å²) < 4.78 is 32.5.